The van der Waals surface area contributed by atoms with Gasteiger partial charge in [-0.1, -0.05) is 15.9 Å². The van der Waals surface area contributed by atoms with Crippen LogP contribution in [0.2, 0.25) is 0 Å². The standard InChI is InChI=1S/C21H20BrN3O/c1-14-12-17(15(2)25(14)21-10-4-18(22)5-11-21)13-23-19-6-8-20(9-7-19)24-16(3)26/h4-13H,1-3H3,(H,24,26). The van der Waals surface area contributed by atoms with Crippen LogP contribution < -0.4 is 5.32 Å². The minimum absolute atomic E-state index is 0.0818. The Morgan fingerprint density at radius 1 is 1.08 bits per heavy atom. The lowest BCUT2D eigenvalue weighted by Gasteiger charge is -2.09. The molecule has 4 nitrogen and oxygen atoms in total. The minimum atomic E-state index is -0.0818. The zero-order valence-electron chi connectivity index (χ0n) is 15.0. The van der Waals surface area contributed by atoms with E-state index in [0.29, 0.717) is 0 Å². The van der Waals surface area contributed by atoms with Gasteiger partial charge in [0.15, 0.2) is 0 Å². The number of aryl methyl sites for hydroxylation is 1. The topological polar surface area (TPSA) is 46.4 Å². The molecule has 0 unspecified atom stereocenters. The van der Waals surface area contributed by atoms with E-state index in [0.717, 1.165) is 38.5 Å². The first kappa shape index (κ1) is 18.1. The average molecular weight is 410 g/mol. The zero-order chi connectivity index (χ0) is 18.7. The van der Waals surface area contributed by atoms with E-state index < -0.39 is 0 Å². The van der Waals surface area contributed by atoms with Crippen LogP contribution in [0.1, 0.15) is 23.9 Å². The Morgan fingerprint density at radius 3 is 2.35 bits per heavy atom. The second-order valence-corrected chi connectivity index (χ2v) is 7.04. The molecule has 0 spiro atoms. The Morgan fingerprint density at radius 2 is 1.73 bits per heavy atom. The Labute approximate surface area is 161 Å². The maximum absolute atomic E-state index is 11.1. The number of hydrogen-bond acceptors (Lipinski definition) is 2. The first-order valence-electron chi connectivity index (χ1n) is 8.30. The van der Waals surface area contributed by atoms with Crippen LogP contribution in [-0.4, -0.2) is 16.7 Å². The molecule has 0 aliphatic heterocycles. The number of aromatic nitrogens is 1. The zero-order valence-corrected chi connectivity index (χ0v) is 16.5. The van der Waals surface area contributed by atoms with Crippen LogP contribution in [0, 0.1) is 13.8 Å². The molecule has 0 saturated heterocycles. The van der Waals surface area contributed by atoms with Crippen LogP contribution in [0.5, 0.6) is 0 Å². The predicted octanol–water partition coefficient (Wildman–Crippen LogP) is 5.57. The highest BCUT2D eigenvalue weighted by Gasteiger charge is 2.09. The number of amides is 1. The lowest BCUT2D eigenvalue weighted by atomic mass is 10.2. The maximum atomic E-state index is 11.1. The summed E-state index contributed by atoms with van der Waals surface area (Å²) < 4.78 is 3.28. The first-order chi connectivity index (χ1) is 12.4. The molecule has 1 amide bonds. The third-order valence-electron chi connectivity index (χ3n) is 4.10. The van der Waals surface area contributed by atoms with E-state index in [1.807, 2.05) is 42.6 Å². The molecule has 0 bridgehead atoms. The van der Waals surface area contributed by atoms with Crippen LogP contribution in [0.15, 0.2) is 64.1 Å². The summed E-state index contributed by atoms with van der Waals surface area (Å²) >= 11 is 3.48. The third-order valence-corrected chi connectivity index (χ3v) is 4.62. The molecule has 0 radical (unpaired) electrons. The van der Waals surface area contributed by atoms with Gasteiger partial charge in [0, 0.05) is 45.9 Å². The van der Waals surface area contributed by atoms with Gasteiger partial charge in [0.2, 0.25) is 5.91 Å². The molecule has 132 valence electrons. The molecule has 2 aromatic carbocycles. The van der Waals surface area contributed by atoms with E-state index in [1.54, 1.807) is 0 Å². The molecule has 0 fully saturated rings. The summed E-state index contributed by atoms with van der Waals surface area (Å²) in [6, 6.07) is 17.9. The largest absolute Gasteiger partial charge is 0.326 e. The third kappa shape index (κ3) is 4.11. The fourth-order valence-corrected chi connectivity index (χ4v) is 3.15. The Hall–Kier alpha value is -2.66. The van der Waals surface area contributed by atoms with Gasteiger partial charge in [0.05, 0.1) is 5.69 Å². The van der Waals surface area contributed by atoms with Gasteiger partial charge in [-0.15, -0.1) is 0 Å². The second-order valence-electron chi connectivity index (χ2n) is 6.12. The molecule has 0 saturated carbocycles. The Kier molecular flexibility index (Phi) is 5.38. The van der Waals surface area contributed by atoms with E-state index in [2.05, 4.69) is 62.9 Å². The van der Waals surface area contributed by atoms with Crippen molar-refractivity contribution in [2.45, 2.75) is 20.8 Å². The fraction of sp³-hybridized carbons (Fsp3) is 0.143. The van der Waals surface area contributed by atoms with Gasteiger partial charge in [-0.2, -0.15) is 0 Å². The van der Waals surface area contributed by atoms with Crippen molar-refractivity contribution in [1.29, 1.82) is 0 Å². The van der Waals surface area contributed by atoms with Crippen LogP contribution in [0.25, 0.3) is 5.69 Å². The van der Waals surface area contributed by atoms with Crippen LogP contribution in [0.3, 0.4) is 0 Å². The van der Waals surface area contributed by atoms with E-state index in [1.165, 1.54) is 6.92 Å². The van der Waals surface area contributed by atoms with E-state index in [-0.39, 0.29) is 5.91 Å². The highest BCUT2D eigenvalue weighted by Crippen LogP contribution is 2.22. The SMILES string of the molecule is CC(=O)Nc1ccc(N=Cc2cc(C)n(-c3ccc(Br)cc3)c2C)cc1. The Balaban J connectivity index is 1.84. The van der Waals surface area contributed by atoms with Gasteiger partial charge >= 0.3 is 0 Å². The van der Waals surface area contributed by atoms with E-state index in [4.69, 9.17) is 0 Å². The molecule has 1 heterocycles. The number of carbonyl (C=O) groups excluding carboxylic acids is 1. The fourth-order valence-electron chi connectivity index (χ4n) is 2.88. The van der Waals surface area contributed by atoms with Crippen LogP contribution in [0.4, 0.5) is 11.4 Å². The van der Waals surface area contributed by atoms with Crippen molar-refractivity contribution in [3.63, 3.8) is 0 Å². The van der Waals surface area contributed by atoms with Gasteiger partial charge in [0.25, 0.3) is 0 Å². The van der Waals surface area contributed by atoms with Gasteiger partial charge in [-0.3, -0.25) is 9.79 Å². The predicted molar refractivity (Wildman–Crippen MR) is 111 cm³/mol. The molecule has 0 atom stereocenters. The second kappa shape index (κ2) is 7.70. The first-order valence-corrected chi connectivity index (χ1v) is 9.10. The Bertz CT molecular complexity index is 954. The summed E-state index contributed by atoms with van der Waals surface area (Å²) in [5, 5.41) is 2.75. The summed E-state index contributed by atoms with van der Waals surface area (Å²) in [6.45, 7) is 5.68. The number of rotatable bonds is 4. The minimum Gasteiger partial charge on any atom is -0.326 e. The van der Waals surface area contributed by atoms with Crippen LogP contribution in [-0.2, 0) is 4.79 Å². The number of halogens is 1. The summed E-state index contributed by atoms with van der Waals surface area (Å²) in [4.78, 5) is 15.6. The molecule has 0 aliphatic rings. The van der Waals surface area contributed by atoms with Crippen molar-refractivity contribution >= 4 is 39.4 Å². The highest BCUT2D eigenvalue weighted by molar-refractivity contribution is 9.10. The van der Waals surface area contributed by atoms with Crippen molar-refractivity contribution in [3.8, 4) is 5.69 Å². The molecule has 1 aromatic heterocycles. The average Bonchev–Trinajstić information content (AvgIpc) is 2.89. The smallest absolute Gasteiger partial charge is 0.221 e. The van der Waals surface area contributed by atoms with Gasteiger partial charge < -0.3 is 9.88 Å². The number of benzene rings is 2. The normalized spacial score (nSPS) is 11.1. The number of nitrogens with one attached hydrogen (secondary N) is 1. The molecule has 0 aliphatic carbocycles. The summed E-state index contributed by atoms with van der Waals surface area (Å²) in [7, 11) is 0. The highest BCUT2D eigenvalue weighted by atomic mass is 79.9. The number of aliphatic imine (C=N–C) groups is 1. The number of hydrogen-bond donors (Lipinski definition) is 1. The van der Waals surface area contributed by atoms with Crippen molar-refractivity contribution < 1.29 is 4.79 Å². The molecule has 5 heteroatoms. The molecule has 3 aromatic rings. The summed E-state index contributed by atoms with van der Waals surface area (Å²) in [6.07, 6.45) is 1.88. The summed E-state index contributed by atoms with van der Waals surface area (Å²) in [5.41, 5.74) is 6.12. The van der Waals surface area contributed by atoms with Gasteiger partial charge in [0.1, 0.15) is 0 Å². The number of nitrogens with zero attached hydrogens (tertiary/aromatic N) is 2. The lowest BCUT2D eigenvalue weighted by Crippen LogP contribution is -2.04. The van der Waals surface area contributed by atoms with Crippen molar-refractivity contribution in [1.82, 2.24) is 4.57 Å². The van der Waals surface area contributed by atoms with Crippen molar-refractivity contribution in [2.75, 3.05) is 5.32 Å². The van der Waals surface area contributed by atoms with E-state index in [9.17, 15) is 4.79 Å². The number of anilines is 1. The molecule has 3 rings (SSSR count). The molecular weight excluding hydrogens is 390 g/mol. The van der Waals surface area contributed by atoms with Crippen molar-refractivity contribution in [2.24, 2.45) is 4.99 Å². The summed E-state index contributed by atoms with van der Waals surface area (Å²) in [5.74, 6) is -0.0818. The van der Waals surface area contributed by atoms with Gasteiger partial charge in [-0.05, 0) is 68.4 Å². The quantitative estimate of drug-likeness (QED) is 0.562. The molecule has 26 heavy (non-hydrogen) atoms. The van der Waals surface area contributed by atoms with Crippen molar-refractivity contribution in [3.05, 3.63) is 76.0 Å². The monoisotopic (exact) mass is 409 g/mol. The van der Waals surface area contributed by atoms with E-state index >= 15 is 0 Å². The van der Waals surface area contributed by atoms with Gasteiger partial charge in [-0.25, -0.2) is 0 Å². The number of carbonyl (C=O) groups is 1. The lowest BCUT2D eigenvalue weighted by molar-refractivity contribution is -0.114. The maximum Gasteiger partial charge on any atom is 0.221 e. The van der Waals surface area contributed by atoms with Crippen LogP contribution >= 0.6 is 15.9 Å². The molecular formula is C21H20BrN3O. The molecule has 1 N–H and O–H groups in total.